The highest BCUT2D eigenvalue weighted by molar-refractivity contribution is 6.37. The van der Waals surface area contributed by atoms with Crippen molar-refractivity contribution in [3.8, 4) is 0 Å². The summed E-state index contributed by atoms with van der Waals surface area (Å²) in [5, 5.41) is 0. The van der Waals surface area contributed by atoms with E-state index in [1.807, 2.05) is 0 Å². The molecular formula is C22H15FO7. The van der Waals surface area contributed by atoms with Crippen LogP contribution in [0, 0.1) is 5.82 Å². The van der Waals surface area contributed by atoms with Crippen molar-refractivity contribution < 1.29 is 37.8 Å². The zero-order valence-corrected chi connectivity index (χ0v) is 15.9. The number of halogens is 1. The van der Waals surface area contributed by atoms with Crippen LogP contribution in [-0.4, -0.2) is 43.3 Å². The summed E-state index contributed by atoms with van der Waals surface area (Å²) in [5.41, 5.74) is -3.13. The maximum atomic E-state index is 13.9. The zero-order chi connectivity index (χ0) is 21.6. The number of carbonyl (C=O) groups excluding carboxylic acids is 4. The quantitative estimate of drug-likeness (QED) is 0.566. The molecule has 0 fully saturated rings. The molecule has 0 amide bonds. The second kappa shape index (κ2) is 7.00. The minimum atomic E-state index is -2.42. The van der Waals surface area contributed by atoms with Crippen LogP contribution in [0.2, 0.25) is 0 Å². The summed E-state index contributed by atoms with van der Waals surface area (Å²) in [6.45, 7) is 0. The maximum Gasteiger partial charge on any atom is 0.338 e. The highest BCUT2D eigenvalue weighted by atomic mass is 19.1. The predicted molar refractivity (Wildman–Crippen MR) is 99.1 cm³/mol. The average molecular weight is 410 g/mol. The molecular weight excluding hydrogens is 395 g/mol. The molecule has 1 heterocycles. The fourth-order valence-electron chi connectivity index (χ4n) is 3.89. The van der Waals surface area contributed by atoms with Crippen LogP contribution in [0.4, 0.5) is 4.39 Å². The highest BCUT2D eigenvalue weighted by Crippen LogP contribution is 2.51. The van der Waals surface area contributed by atoms with E-state index in [1.165, 1.54) is 30.3 Å². The van der Waals surface area contributed by atoms with Crippen LogP contribution in [-0.2, 0) is 23.8 Å². The summed E-state index contributed by atoms with van der Waals surface area (Å²) in [6, 6.07) is 11.1. The number of ether oxygens (including phenoxy) is 3. The van der Waals surface area contributed by atoms with Crippen molar-refractivity contribution in [1.29, 1.82) is 0 Å². The van der Waals surface area contributed by atoms with Gasteiger partial charge >= 0.3 is 11.9 Å². The van der Waals surface area contributed by atoms with Gasteiger partial charge in [-0.2, -0.15) is 0 Å². The Hall–Kier alpha value is -3.65. The van der Waals surface area contributed by atoms with E-state index < -0.39 is 46.6 Å². The Morgan fingerprint density at radius 3 is 2.07 bits per heavy atom. The topological polar surface area (TPSA) is 96.0 Å². The van der Waals surface area contributed by atoms with Gasteiger partial charge in [-0.05, 0) is 17.7 Å². The smallest absolute Gasteiger partial charge is 0.338 e. The predicted octanol–water partition coefficient (Wildman–Crippen LogP) is 2.36. The summed E-state index contributed by atoms with van der Waals surface area (Å²) in [6.07, 6.45) is -1.40. The van der Waals surface area contributed by atoms with Gasteiger partial charge in [-0.15, -0.1) is 0 Å². The SMILES string of the molecule is COC(=O)C1=C(C(=O)OC)C2(O[C@H]1c1cccc(F)c1)C(=O)c1ccccc1C2=O. The molecule has 4 rings (SSSR count). The molecule has 152 valence electrons. The number of methoxy groups -OCH3 is 2. The third-order valence-corrected chi connectivity index (χ3v) is 5.18. The van der Waals surface area contributed by atoms with E-state index in [0.29, 0.717) is 0 Å². The number of hydrogen-bond donors (Lipinski definition) is 0. The Labute approximate surface area is 170 Å². The lowest BCUT2D eigenvalue weighted by atomic mass is 9.86. The van der Waals surface area contributed by atoms with Crippen molar-refractivity contribution >= 4 is 23.5 Å². The van der Waals surface area contributed by atoms with Gasteiger partial charge in [-0.1, -0.05) is 36.4 Å². The van der Waals surface area contributed by atoms with Crippen molar-refractivity contribution in [1.82, 2.24) is 0 Å². The first-order chi connectivity index (χ1) is 14.4. The Morgan fingerprint density at radius 1 is 0.933 bits per heavy atom. The van der Waals surface area contributed by atoms with Crippen molar-refractivity contribution in [3.63, 3.8) is 0 Å². The van der Waals surface area contributed by atoms with Crippen LogP contribution in [0.5, 0.6) is 0 Å². The Bertz CT molecular complexity index is 1110. The lowest BCUT2D eigenvalue weighted by Gasteiger charge is -2.23. The number of Topliss-reactive ketones (excluding diaryl/α,β-unsaturated/α-hetero) is 2. The first-order valence-electron chi connectivity index (χ1n) is 8.90. The monoisotopic (exact) mass is 410 g/mol. The Kier molecular flexibility index (Phi) is 4.58. The molecule has 0 bridgehead atoms. The second-order valence-corrected chi connectivity index (χ2v) is 6.71. The fraction of sp³-hybridized carbons (Fsp3) is 0.182. The number of esters is 2. The average Bonchev–Trinajstić information content (AvgIpc) is 3.23. The van der Waals surface area contributed by atoms with Crippen LogP contribution >= 0.6 is 0 Å². The van der Waals surface area contributed by atoms with Gasteiger partial charge in [-0.25, -0.2) is 14.0 Å². The number of hydrogen-bond acceptors (Lipinski definition) is 7. The Morgan fingerprint density at radius 2 is 1.53 bits per heavy atom. The third kappa shape index (κ3) is 2.54. The molecule has 30 heavy (non-hydrogen) atoms. The van der Waals surface area contributed by atoms with E-state index >= 15 is 0 Å². The molecule has 8 heteroatoms. The van der Waals surface area contributed by atoms with E-state index in [1.54, 1.807) is 12.1 Å². The molecule has 0 aromatic heterocycles. The van der Waals surface area contributed by atoms with Crippen molar-refractivity contribution in [2.75, 3.05) is 14.2 Å². The zero-order valence-electron chi connectivity index (χ0n) is 15.9. The number of benzene rings is 2. The van der Waals surface area contributed by atoms with Gasteiger partial charge in [0.25, 0.3) is 0 Å². The van der Waals surface area contributed by atoms with E-state index in [-0.39, 0.29) is 22.3 Å². The molecule has 7 nitrogen and oxygen atoms in total. The van der Waals surface area contributed by atoms with Crippen LogP contribution in [0.3, 0.4) is 0 Å². The van der Waals surface area contributed by atoms with Crippen LogP contribution in [0.15, 0.2) is 59.7 Å². The molecule has 2 aromatic carbocycles. The second-order valence-electron chi connectivity index (χ2n) is 6.71. The molecule has 0 N–H and O–H groups in total. The fourth-order valence-corrected chi connectivity index (χ4v) is 3.89. The summed E-state index contributed by atoms with van der Waals surface area (Å²) in [5.74, 6) is -4.33. The van der Waals surface area contributed by atoms with Gasteiger partial charge in [0.05, 0.1) is 25.4 Å². The molecule has 1 aliphatic carbocycles. The van der Waals surface area contributed by atoms with Gasteiger partial charge in [0, 0.05) is 11.1 Å². The van der Waals surface area contributed by atoms with E-state index in [9.17, 15) is 23.6 Å². The standard InChI is InChI=1S/C22H15FO7/c1-28-20(26)15-16(21(27)29-2)22(30-17(15)11-6-5-7-12(23)10-11)18(24)13-8-3-4-9-14(13)19(22)25/h3-10,17H,1-2H3/t17-/m0/s1. The molecule has 0 unspecified atom stereocenters. The summed E-state index contributed by atoms with van der Waals surface area (Å²) in [7, 11) is 2.12. The maximum absolute atomic E-state index is 13.9. The van der Waals surface area contributed by atoms with Crippen molar-refractivity contribution in [3.05, 3.63) is 82.2 Å². The summed E-state index contributed by atoms with van der Waals surface area (Å²) >= 11 is 0. The first kappa shape index (κ1) is 19.7. The minimum Gasteiger partial charge on any atom is -0.466 e. The molecule has 0 saturated carbocycles. The lowest BCUT2D eigenvalue weighted by Crippen LogP contribution is -2.46. The van der Waals surface area contributed by atoms with E-state index in [2.05, 4.69) is 0 Å². The molecule has 0 radical (unpaired) electrons. The number of rotatable bonds is 3. The van der Waals surface area contributed by atoms with Gasteiger partial charge in [0.2, 0.25) is 17.2 Å². The third-order valence-electron chi connectivity index (χ3n) is 5.18. The van der Waals surface area contributed by atoms with Crippen molar-refractivity contribution in [2.24, 2.45) is 0 Å². The van der Waals surface area contributed by atoms with Gasteiger partial charge in [0.1, 0.15) is 11.9 Å². The van der Waals surface area contributed by atoms with E-state index in [4.69, 9.17) is 14.2 Å². The molecule has 0 saturated heterocycles. The number of fused-ring (bicyclic) bond motifs is 1. The molecule has 1 aliphatic heterocycles. The largest absolute Gasteiger partial charge is 0.466 e. The normalized spacial score (nSPS) is 19.2. The van der Waals surface area contributed by atoms with Crippen LogP contribution in [0.25, 0.3) is 0 Å². The number of ketones is 2. The first-order valence-corrected chi connectivity index (χ1v) is 8.90. The Balaban J connectivity index is 2.02. The molecule has 1 atom stereocenters. The minimum absolute atomic E-state index is 0.0491. The van der Waals surface area contributed by atoms with Gasteiger partial charge < -0.3 is 14.2 Å². The van der Waals surface area contributed by atoms with E-state index in [0.717, 1.165) is 20.3 Å². The number of carbonyl (C=O) groups is 4. The summed E-state index contributed by atoms with van der Waals surface area (Å²) < 4.78 is 29.3. The van der Waals surface area contributed by atoms with Crippen LogP contribution < -0.4 is 0 Å². The highest BCUT2D eigenvalue weighted by Gasteiger charge is 2.66. The molecule has 2 aliphatic rings. The van der Waals surface area contributed by atoms with Crippen molar-refractivity contribution in [2.45, 2.75) is 11.7 Å². The van der Waals surface area contributed by atoms with Crippen LogP contribution in [0.1, 0.15) is 32.4 Å². The molecule has 1 spiro atoms. The van der Waals surface area contributed by atoms with Gasteiger partial charge in [0.15, 0.2) is 0 Å². The molecule has 2 aromatic rings. The summed E-state index contributed by atoms with van der Waals surface area (Å²) in [4.78, 5) is 52.1. The lowest BCUT2D eigenvalue weighted by molar-refractivity contribution is -0.139. The van der Waals surface area contributed by atoms with Gasteiger partial charge in [-0.3, -0.25) is 9.59 Å².